The highest BCUT2D eigenvalue weighted by Crippen LogP contribution is 2.33. The second-order valence-corrected chi connectivity index (χ2v) is 7.06. The predicted octanol–water partition coefficient (Wildman–Crippen LogP) is 4.02. The van der Waals surface area contributed by atoms with Gasteiger partial charge in [-0.15, -0.1) is 0 Å². The number of halogens is 1. The highest BCUT2D eigenvalue weighted by molar-refractivity contribution is 5.96. The van der Waals surface area contributed by atoms with E-state index in [0.29, 0.717) is 24.4 Å². The summed E-state index contributed by atoms with van der Waals surface area (Å²) >= 11 is 0. The quantitative estimate of drug-likeness (QED) is 0.683. The third kappa shape index (κ3) is 3.35. The van der Waals surface area contributed by atoms with Gasteiger partial charge in [-0.2, -0.15) is 4.98 Å². The number of rotatable bonds is 4. The molecule has 1 aliphatic rings. The van der Waals surface area contributed by atoms with Gasteiger partial charge in [0.05, 0.1) is 13.0 Å². The van der Waals surface area contributed by atoms with Crippen LogP contribution in [0, 0.1) is 19.7 Å². The standard InChI is InChI=1S/C21H20FN3O3/c1-12-6-13(2)8-16(7-12)25-11-15(10-19(25)26)21-23-20(24-28-21)14-4-5-18(27-3)17(22)9-14/h4-9,15H,10-11H2,1-3H3. The fraction of sp³-hybridized carbons (Fsp3) is 0.286. The summed E-state index contributed by atoms with van der Waals surface area (Å²) in [6.45, 7) is 4.49. The SMILES string of the molecule is COc1ccc(-c2noc(C3CC(=O)N(c4cc(C)cc(C)c4)C3)n2)cc1F. The Labute approximate surface area is 161 Å². The van der Waals surface area contributed by atoms with Crippen LogP contribution in [0.25, 0.3) is 11.4 Å². The summed E-state index contributed by atoms with van der Waals surface area (Å²) in [4.78, 5) is 18.7. The number of hydrogen-bond acceptors (Lipinski definition) is 5. The molecular formula is C21H20FN3O3. The van der Waals surface area contributed by atoms with Gasteiger partial charge in [0.25, 0.3) is 0 Å². The highest BCUT2D eigenvalue weighted by Gasteiger charge is 2.35. The van der Waals surface area contributed by atoms with Gasteiger partial charge in [-0.1, -0.05) is 11.2 Å². The molecule has 2 heterocycles. The first-order valence-electron chi connectivity index (χ1n) is 9.01. The number of carbonyl (C=O) groups is 1. The van der Waals surface area contributed by atoms with E-state index in [4.69, 9.17) is 9.26 Å². The number of aromatic nitrogens is 2. The van der Waals surface area contributed by atoms with Gasteiger partial charge in [0.15, 0.2) is 11.6 Å². The van der Waals surface area contributed by atoms with E-state index in [1.54, 1.807) is 11.0 Å². The van der Waals surface area contributed by atoms with Crippen molar-refractivity contribution in [3.05, 3.63) is 59.2 Å². The molecule has 0 aliphatic carbocycles. The van der Waals surface area contributed by atoms with Gasteiger partial charge < -0.3 is 14.2 Å². The largest absolute Gasteiger partial charge is 0.494 e. The molecule has 0 saturated carbocycles. The van der Waals surface area contributed by atoms with E-state index in [9.17, 15) is 9.18 Å². The average molecular weight is 381 g/mol. The molecular weight excluding hydrogens is 361 g/mol. The molecule has 0 radical (unpaired) electrons. The minimum Gasteiger partial charge on any atom is -0.494 e. The lowest BCUT2D eigenvalue weighted by Gasteiger charge is -2.17. The minimum atomic E-state index is -0.497. The number of benzene rings is 2. The molecule has 28 heavy (non-hydrogen) atoms. The van der Waals surface area contributed by atoms with Crippen molar-refractivity contribution in [3.8, 4) is 17.1 Å². The summed E-state index contributed by atoms with van der Waals surface area (Å²) in [6, 6.07) is 10.5. The first kappa shape index (κ1) is 18.2. The first-order chi connectivity index (χ1) is 13.4. The van der Waals surface area contributed by atoms with Crippen molar-refractivity contribution < 1.29 is 18.4 Å². The van der Waals surface area contributed by atoms with Gasteiger partial charge in [0.2, 0.25) is 17.6 Å². The zero-order valence-electron chi connectivity index (χ0n) is 15.9. The van der Waals surface area contributed by atoms with Crippen molar-refractivity contribution in [1.82, 2.24) is 10.1 Å². The Morgan fingerprint density at radius 3 is 2.61 bits per heavy atom. The van der Waals surface area contributed by atoms with Crippen LogP contribution in [-0.4, -0.2) is 29.7 Å². The van der Waals surface area contributed by atoms with Crippen LogP contribution in [0.5, 0.6) is 5.75 Å². The van der Waals surface area contributed by atoms with E-state index < -0.39 is 5.82 Å². The summed E-state index contributed by atoms with van der Waals surface area (Å²) < 4.78 is 24.2. The summed E-state index contributed by atoms with van der Waals surface area (Å²) in [6.07, 6.45) is 0.297. The molecule has 2 aromatic carbocycles. The summed E-state index contributed by atoms with van der Waals surface area (Å²) in [5.41, 5.74) is 3.58. The van der Waals surface area contributed by atoms with Crippen LogP contribution in [0.1, 0.15) is 29.4 Å². The normalized spacial score (nSPS) is 16.6. The van der Waals surface area contributed by atoms with E-state index >= 15 is 0 Å². The molecule has 0 spiro atoms. The predicted molar refractivity (Wildman–Crippen MR) is 102 cm³/mol. The Morgan fingerprint density at radius 1 is 1.18 bits per heavy atom. The van der Waals surface area contributed by atoms with E-state index in [-0.39, 0.29) is 23.4 Å². The fourth-order valence-electron chi connectivity index (χ4n) is 3.55. The Bertz CT molecular complexity index is 1030. The molecule has 4 rings (SSSR count). The number of carbonyl (C=O) groups excluding carboxylic acids is 1. The molecule has 1 saturated heterocycles. The number of hydrogen-bond donors (Lipinski definition) is 0. The third-order valence-electron chi connectivity index (χ3n) is 4.84. The van der Waals surface area contributed by atoms with Crippen molar-refractivity contribution in [1.29, 1.82) is 0 Å². The smallest absolute Gasteiger partial charge is 0.232 e. The molecule has 7 heteroatoms. The number of methoxy groups -OCH3 is 1. The molecule has 1 fully saturated rings. The van der Waals surface area contributed by atoms with Crippen LogP contribution in [0.15, 0.2) is 40.9 Å². The zero-order valence-corrected chi connectivity index (χ0v) is 15.9. The zero-order chi connectivity index (χ0) is 19.8. The van der Waals surface area contributed by atoms with Gasteiger partial charge in [-0.25, -0.2) is 4.39 Å². The fourth-order valence-corrected chi connectivity index (χ4v) is 3.55. The van der Waals surface area contributed by atoms with Crippen LogP contribution >= 0.6 is 0 Å². The van der Waals surface area contributed by atoms with Crippen LogP contribution in [0.4, 0.5) is 10.1 Å². The lowest BCUT2D eigenvalue weighted by atomic mass is 10.1. The van der Waals surface area contributed by atoms with Gasteiger partial charge in [-0.3, -0.25) is 4.79 Å². The monoisotopic (exact) mass is 381 g/mol. The number of ether oxygens (including phenoxy) is 1. The molecule has 144 valence electrons. The Morgan fingerprint density at radius 2 is 1.93 bits per heavy atom. The van der Waals surface area contributed by atoms with Crippen LogP contribution in [0.3, 0.4) is 0 Å². The maximum atomic E-state index is 13.9. The molecule has 6 nitrogen and oxygen atoms in total. The number of anilines is 1. The van der Waals surface area contributed by atoms with Crippen LogP contribution in [-0.2, 0) is 4.79 Å². The van der Waals surface area contributed by atoms with Gasteiger partial charge in [-0.05, 0) is 55.3 Å². The van der Waals surface area contributed by atoms with E-state index in [1.165, 1.54) is 19.2 Å². The number of aryl methyl sites for hydroxylation is 2. The first-order valence-corrected chi connectivity index (χ1v) is 9.01. The Kier molecular flexibility index (Phi) is 4.58. The summed E-state index contributed by atoms with van der Waals surface area (Å²) in [5.74, 6) is 0.143. The Balaban J connectivity index is 1.56. The maximum absolute atomic E-state index is 13.9. The van der Waals surface area contributed by atoms with Crippen LogP contribution < -0.4 is 9.64 Å². The minimum absolute atomic E-state index is 0.0187. The lowest BCUT2D eigenvalue weighted by molar-refractivity contribution is -0.117. The highest BCUT2D eigenvalue weighted by atomic mass is 19.1. The van der Waals surface area contributed by atoms with Gasteiger partial charge >= 0.3 is 0 Å². The third-order valence-corrected chi connectivity index (χ3v) is 4.84. The molecule has 0 N–H and O–H groups in total. The maximum Gasteiger partial charge on any atom is 0.232 e. The molecule has 1 unspecified atom stereocenters. The van der Waals surface area contributed by atoms with E-state index in [2.05, 4.69) is 16.2 Å². The van der Waals surface area contributed by atoms with E-state index in [0.717, 1.165) is 16.8 Å². The Hall–Kier alpha value is -3.22. The van der Waals surface area contributed by atoms with E-state index in [1.807, 2.05) is 26.0 Å². The molecule has 0 bridgehead atoms. The van der Waals surface area contributed by atoms with Gasteiger partial charge in [0.1, 0.15) is 0 Å². The lowest BCUT2D eigenvalue weighted by Crippen LogP contribution is -2.24. The molecule has 1 aromatic heterocycles. The van der Waals surface area contributed by atoms with Gasteiger partial charge in [0, 0.05) is 24.2 Å². The van der Waals surface area contributed by atoms with Crippen molar-refractivity contribution in [3.63, 3.8) is 0 Å². The number of amides is 1. The molecule has 1 aliphatic heterocycles. The molecule has 1 atom stereocenters. The van der Waals surface area contributed by atoms with Crippen molar-refractivity contribution in [2.45, 2.75) is 26.2 Å². The summed E-state index contributed by atoms with van der Waals surface area (Å²) in [7, 11) is 1.41. The molecule has 3 aromatic rings. The van der Waals surface area contributed by atoms with Crippen molar-refractivity contribution >= 4 is 11.6 Å². The van der Waals surface area contributed by atoms with Crippen molar-refractivity contribution in [2.75, 3.05) is 18.6 Å². The summed E-state index contributed by atoms with van der Waals surface area (Å²) in [5, 5.41) is 3.96. The average Bonchev–Trinajstić information content (AvgIpc) is 3.27. The van der Waals surface area contributed by atoms with Crippen molar-refractivity contribution in [2.24, 2.45) is 0 Å². The van der Waals surface area contributed by atoms with Crippen LogP contribution in [0.2, 0.25) is 0 Å². The molecule has 1 amide bonds. The second kappa shape index (κ2) is 7.07. The number of nitrogens with zero attached hydrogens (tertiary/aromatic N) is 3. The topological polar surface area (TPSA) is 68.5 Å². The second-order valence-electron chi connectivity index (χ2n) is 7.06.